The first-order chi connectivity index (χ1) is 8.85. The molecule has 0 bridgehead atoms. The molecule has 0 aliphatic rings. The van der Waals surface area contributed by atoms with Crippen molar-refractivity contribution in [3.63, 3.8) is 0 Å². The van der Waals surface area contributed by atoms with Gasteiger partial charge in [-0.25, -0.2) is 8.42 Å². The fraction of sp³-hybridized carbons (Fsp3) is 1.00. The minimum absolute atomic E-state index is 0.343. The van der Waals surface area contributed by atoms with E-state index in [4.69, 9.17) is 0 Å². The molecule has 13 heteroatoms. The van der Waals surface area contributed by atoms with Crippen LogP contribution in [-0.4, -0.2) is 49.1 Å². The summed E-state index contributed by atoms with van der Waals surface area (Å²) in [5, 5.41) is -6.67. The lowest BCUT2D eigenvalue weighted by molar-refractivity contribution is -0.382. The molecule has 3 nitrogen and oxygen atoms in total. The topological polar surface area (TPSA) is 37.4 Å². The molecule has 0 aliphatic carbocycles. The predicted molar refractivity (Wildman–Crippen MR) is 52.7 cm³/mol. The number of hydrogen-bond donors (Lipinski definition) is 0. The van der Waals surface area contributed by atoms with E-state index < -0.39 is 43.6 Å². The SMILES string of the molecule is CC(C)N(C)S(=O)(=O)C(F)(F)C(F)(F)C(F)(F)C(F)(F)F. The predicted octanol–water partition coefficient (Wildman–Crippen LogP) is 3.08. The van der Waals surface area contributed by atoms with Crippen molar-refractivity contribution in [2.24, 2.45) is 0 Å². The van der Waals surface area contributed by atoms with Gasteiger partial charge in [0.2, 0.25) is 0 Å². The van der Waals surface area contributed by atoms with Crippen molar-refractivity contribution in [3.05, 3.63) is 0 Å². The van der Waals surface area contributed by atoms with Crippen molar-refractivity contribution < 1.29 is 47.9 Å². The van der Waals surface area contributed by atoms with Crippen LogP contribution in [0.3, 0.4) is 0 Å². The molecule has 0 aliphatic heterocycles. The lowest BCUT2D eigenvalue weighted by Gasteiger charge is -2.35. The molecule has 0 heterocycles. The van der Waals surface area contributed by atoms with E-state index in [2.05, 4.69) is 0 Å². The van der Waals surface area contributed by atoms with Gasteiger partial charge in [-0.1, -0.05) is 0 Å². The van der Waals surface area contributed by atoms with Crippen molar-refractivity contribution in [1.82, 2.24) is 4.31 Å². The maximum atomic E-state index is 13.3. The van der Waals surface area contributed by atoms with Gasteiger partial charge in [0.05, 0.1) is 0 Å². The molecule has 0 saturated heterocycles. The van der Waals surface area contributed by atoms with E-state index >= 15 is 0 Å². The third kappa shape index (κ3) is 2.81. The molecule has 0 unspecified atom stereocenters. The number of nitrogens with zero attached hydrogens (tertiary/aromatic N) is 1. The van der Waals surface area contributed by atoms with Crippen molar-refractivity contribution in [1.29, 1.82) is 0 Å². The summed E-state index contributed by atoms with van der Waals surface area (Å²) in [6.45, 7) is 1.85. The second-order valence-electron chi connectivity index (χ2n) is 4.28. The van der Waals surface area contributed by atoms with Gasteiger partial charge in [-0.2, -0.15) is 43.8 Å². The van der Waals surface area contributed by atoms with Crippen LogP contribution >= 0.6 is 0 Å². The van der Waals surface area contributed by atoms with Crippen molar-refractivity contribution in [3.8, 4) is 0 Å². The van der Waals surface area contributed by atoms with Crippen LogP contribution in [0.25, 0.3) is 0 Å². The average molecular weight is 355 g/mol. The summed E-state index contributed by atoms with van der Waals surface area (Å²) < 4.78 is 135. The van der Waals surface area contributed by atoms with E-state index in [1.165, 1.54) is 0 Å². The van der Waals surface area contributed by atoms with Crippen LogP contribution in [0.1, 0.15) is 13.8 Å². The third-order valence-corrected chi connectivity index (χ3v) is 4.63. The minimum atomic E-state index is -7.24. The molecule has 0 aromatic rings. The number of halogens is 9. The summed E-state index contributed by atoms with van der Waals surface area (Å²) in [5.74, 6) is -14.4. The van der Waals surface area contributed by atoms with Gasteiger partial charge in [-0.05, 0) is 13.8 Å². The molecule has 0 N–H and O–H groups in total. The van der Waals surface area contributed by atoms with Crippen LogP contribution in [0.4, 0.5) is 39.5 Å². The van der Waals surface area contributed by atoms with Gasteiger partial charge in [0.1, 0.15) is 0 Å². The zero-order valence-electron chi connectivity index (χ0n) is 10.7. The van der Waals surface area contributed by atoms with Crippen LogP contribution in [0, 0.1) is 0 Å². The maximum absolute atomic E-state index is 13.3. The summed E-state index contributed by atoms with van der Waals surface area (Å²) in [6.07, 6.45) is -7.06. The molecular weight excluding hydrogens is 345 g/mol. The summed E-state index contributed by atoms with van der Waals surface area (Å²) in [4.78, 5) is 0. The van der Waals surface area contributed by atoms with Crippen LogP contribution in [0.15, 0.2) is 0 Å². The summed E-state index contributed by atoms with van der Waals surface area (Å²) >= 11 is 0. The Bertz CT molecular complexity index is 482. The first-order valence-electron chi connectivity index (χ1n) is 5.03. The molecule has 0 aromatic carbocycles. The fourth-order valence-corrected chi connectivity index (χ4v) is 2.35. The Hall–Kier alpha value is -0.720. The van der Waals surface area contributed by atoms with E-state index in [-0.39, 0.29) is 0 Å². The van der Waals surface area contributed by atoms with Crippen LogP contribution in [0.2, 0.25) is 0 Å². The Morgan fingerprint density at radius 2 is 1.14 bits per heavy atom. The monoisotopic (exact) mass is 355 g/mol. The summed E-state index contributed by atoms with van der Waals surface area (Å²) in [5.41, 5.74) is 0. The molecule has 0 saturated carbocycles. The van der Waals surface area contributed by atoms with E-state index in [1.807, 2.05) is 0 Å². The summed E-state index contributed by atoms with van der Waals surface area (Å²) in [7, 11) is -6.13. The van der Waals surface area contributed by atoms with Crippen molar-refractivity contribution in [2.45, 2.75) is 43.2 Å². The van der Waals surface area contributed by atoms with Crippen molar-refractivity contribution in [2.75, 3.05) is 7.05 Å². The lowest BCUT2D eigenvalue weighted by atomic mass is 10.1. The van der Waals surface area contributed by atoms with Gasteiger partial charge < -0.3 is 0 Å². The molecular formula is C8H10F9NO2S. The van der Waals surface area contributed by atoms with Gasteiger partial charge in [0, 0.05) is 13.1 Å². The average Bonchev–Trinajstić information content (AvgIpc) is 2.25. The molecule has 0 aromatic heterocycles. The highest BCUT2D eigenvalue weighted by molar-refractivity contribution is 7.90. The first-order valence-corrected chi connectivity index (χ1v) is 6.47. The Morgan fingerprint density at radius 3 is 1.38 bits per heavy atom. The van der Waals surface area contributed by atoms with Crippen molar-refractivity contribution >= 4 is 10.0 Å². The Labute approximate surface area is 113 Å². The molecule has 0 atom stereocenters. The van der Waals surface area contributed by atoms with Gasteiger partial charge in [0.25, 0.3) is 10.0 Å². The normalized spacial score (nSPS) is 15.9. The van der Waals surface area contributed by atoms with E-state index in [0.29, 0.717) is 7.05 Å². The standard InChI is InChI=1S/C8H10F9NO2S/c1-4(2)18(3)21(19,20)8(16,17)6(11,12)5(9,10)7(13,14)15/h4H,1-3H3. The highest BCUT2D eigenvalue weighted by atomic mass is 32.2. The van der Waals surface area contributed by atoms with Gasteiger partial charge in [-0.3, -0.25) is 0 Å². The summed E-state index contributed by atoms with van der Waals surface area (Å²) in [6, 6.07) is -1.38. The third-order valence-electron chi connectivity index (χ3n) is 2.55. The fourth-order valence-electron chi connectivity index (χ4n) is 0.981. The van der Waals surface area contributed by atoms with Gasteiger partial charge >= 0.3 is 23.3 Å². The van der Waals surface area contributed by atoms with E-state index in [1.54, 1.807) is 0 Å². The highest BCUT2D eigenvalue weighted by Gasteiger charge is 2.85. The number of hydrogen-bond acceptors (Lipinski definition) is 2. The Balaban J connectivity index is 6.14. The van der Waals surface area contributed by atoms with Gasteiger partial charge in [-0.15, -0.1) is 0 Å². The maximum Gasteiger partial charge on any atom is 0.460 e. The highest BCUT2D eigenvalue weighted by Crippen LogP contribution is 2.55. The second kappa shape index (κ2) is 5.18. The molecule has 0 fully saturated rings. The van der Waals surface area contributed by atoms with Crippen LogP contribution in [-0.2, 0) is 10.0 Å². The smallest absolute Gasteiger partial charge is 0.206 e. The lowest BCUT2D eigenvalue weighted by Crippen LogP contribution is -2.65. The zero-order valence-corrected chi connectivity index (χ0v) is 11.5. The second-order valence-corrected chi connectivity index (χ2v) is 6.32. The molecule has 0 spiro atoms. The van der Waals surface area contributed by atoms with Crippen LogP contribution < -0.4 is 0 Å². The Morgan fingerprint density at radius 1 is 0.810 bits per heavy atom. The molecule has 21 heavy (non-hydrogen) atoms. The van der Waals surface area contributed by atoms with Crippen LogP contribution in [0.5, 0.6) is 0 Å². The zero-order chi connectivity index (χ0) is 17.7. The van der Waals surface area contributed by atoms with E-state index in [0.717, 1.165) is 13.8 Å². The quantitative estimate of drug-likeness (QED) is 0.711. The molecule has 0 rings (SSSR count). The molecule has 128 valence electrons. The number of alkyl halides is 9. The minimum Gasteiger partial charge on any atom is -0.206 e. The first kappa shape index (κ1) is 20.3. The van der Waals surface area contributed by atoms with Gasteiger partial charge in [0.15, 0.2) is 0 Å². The largest absolute Gasteiger partial charge is 0.460 e. The number of sulfonamides is 1. The molecule has 0 amide bonds. The van der Waals surface area contributed by atoms with E-state index in [9.17, 15) is 47.9 Å². The number of rotatable bonds is 5. The Kier molecular flexibility index (Phi) is 5.00. The molecule has 0 radical (unpaired) electrons.